The van der Waals surface area contributed by atoms with E-state index in [2.05, 4.69) is 19.8 Å². The van der Waals surface area contributed by atoms with Crippen molar-refractivity contribution in [3.63, 3.8) is 0 Å². The number of rotatable bonds is 19. The van der Waals surface area contributed by atoms with Gasteiger partial charge in [-0.1, -0.05) is 36.4 Å². The molecule has 2 aromatic carbocycles. The predicted octanol–water partition coefficient (Wildman–Crippen LogP) is 3.72. The summed E-state index contributed by atoms with van der Waals surface area (Å²) in [5, 5.41) is 0. The molecule has 0 N–H and O–H groups in total. The first-order valence-corrected chi connectivity index (χ1v) is 24.3. The van der Waals surface area contributed by atoms with E-state index < -0.39 is 23.9 Å². The van der Waals surface area contributed by atoms with E-state index in [0.29, 0.717) is 114 Å². The molecule has 2 saturated heterocycles. The lowest BCUT2D eigenvalue weighted by Crippen LogP contribution is -2.49. The predicted molar refractivity (Wildman–Crippen MR) is 254 cm³/mol. The van der Waals surface area contributed by atoms with E-state index >= 15 is 0 Å². The highest BCUT2D eigenvalue weighted by molar-refractivity contribution is 6.59. The van der Waals surface area contributed by atoms with Crippen molar-refractivity contribution in [1.82, 2.24) is 9.80 Å². The summed E-state index contributed by atoms with van der Waals surface area (Å²) < 4.78 is 33.3. The molecule has 18 heteroatoms. The maximum absolute atomic E-state index is 13.6. The van der Waals surface area contributed by atoms with Gasteiger partial charge in [-0.3, -0.25) is 48.6 Å². The van der Waals surface area contributed by atoms with Crippen LogP contribution in [0.3, 0.4) is 0 Å². The number of hydrogen-bond donors (Lipinski definition) is 0. The smallest absolute Gasteiger partial charge is 0.309 e. The average Bonchev–Trinajstić information content (AvgIpc) is 3.85. The minimum Gasteiger partial charge on any atom is -0.463 e. The average molecular weight is 957 g/mol. The van der Waals surface area contributed by atoms with Crippen LogP contribution in [-0.4, -0.2) is 161 Å². The number of aliphatic imine (C=N–C) groups is 2. The largest absolute Gasteiger partial charge is 0.463 e. The molecule has 2 amide bonds. The summed E-state index contributed by atoms with van der Waals surface area (Å²) in [6, 6.07) is 13.4. The summed E-state index contributed by atoms with van der Waals surface area (Å²) in [5.74, 6) is -2.28. The molecule has 8 aliphatic rings. The molecule has 18 nitrogen and oxygen atoms in total. The maximum atomic E-state index is 13.6. The number of likely N-dealkylation sites (tertiary alicyclic amines) is 2. The lowest BCUT2D eigenvalue weighted by molar-refractivity contribution is -0.152. The number of para-hydroxylation sites is 2. The maximum Gasteiger partial charge on any atom is 0.309 e. The fourth-order valence-corrected chi connectivity index (χ4v) is 10.2. The Morgan fingerprint density at radius 2 is 0.857 bits per heavy atom. The van der Waals surface area contributed by atoms with E-state index in [1.54, 1.807) is 36.4 Å². The van der Waals surface area contributed by atoms with Gasteiger partial charge in [0.1, 0.15) is 13.2 Å². The summed E-state index contributed by atoms with van der Waals surface area (Å²) >= 11 is 0. The summed E-state index contributed by atoms with van der Waals surface area (Å²) in [4.78, 5) is 95.2. The Hall–Kier alpha value is -6.60. The third-order valence-electron chi connectivity index (χ3n) is 14.0. The molecule has 4 unspecified atom stereocenters. The molecule has 70 heavy (non-hydrogen) atoms. The van der Waals surface area contributed by atoms with Crippen LogP contribution in [-0.2, 0) is 47.6 Å². The minimum absolute atomic E-state index is 0.158. The van der Waals surface area contributed by atoms with Gasteiger partial charge in [0.05, 0.1) is 111 Å². The van der Waals surface area contributed by atoms with Gasteiger partial charge in [-0.25, -0.2) is 0 Å². The third kappa shape index (κ3) is 9.64. The second-order valence-corrected chi connectivity index (χ2v) is 18.2. The molecule has 2 fully saturated rings. The van der Waals surface area contributed by atoms with Gasteiger partial charge in [-0.2, -0.15) is 0 Å². The Morgan fingerprint density at radius 3 is 1.24 bits per heavy atom. The zero-order valence-electron chi connectivity index (χ0n) is 38.9. The highest BCUT2D eigenvalue weighted by atomic mass is 16.6. The summed E-state index contributed by atoms with van der Waals surface area (Å²) in [6.45, 7) is 5.68. The van der Waals surface area contributed by atoms with Crippen molar-refractivity contribution in [1.29, 1.82) is 0 Å². The van der Waals surface area contributed by atoms with E-state index in [4.69, 9.17) is 28.4 Å². The van der Waals surface area contributed by atoms with Gasteiger partial charge in [0, 0.05) is 37.6 Å². The summed E-state index contributed by atoms with van der Waals surface area (Å²) in [6.07, 6.45) is 14.1. The second kappa shape index (κ2) is 21.2. The molecular formula is C52H56N6O12. The number of piperidine rings is 2. The number of fused-ring (bicyclic) bond motifs is 8. The zero-order chi connectivity index (χ0) is 48.1. The van der Waals surface area contributed by atoms with Crippen LogP contribution < -0.4 is 9.80 Å². The first-order chi connectivity index (χ1) is 34.2. The Morgan fingerprint density at radius 1 is 0.500 bits per heavy atom. The number of hydrogen-bond acceptors (Lipinski definition) is 16. The molecule has 2 aliphatic carbocycles. The highest BCUT2D eigenvalue weighted by Gasteiger charge is 2.48. The summed E-state index contributed by atoms with van der Waals surface area (Å²) in [5.41, 5.74) is 4.00. The van der Waals surface area contributed by atoms with Crippen molar-refractivity contribution in [3.05, 3.63) is 108 Å². The molecule has 366 valence electrons. The van der Waals surface area contributed by atoms with E-state index in [9.17, 15) is 28.8 Å². The van der Waals surface area contributed by atoms with Gasteiger partial charge in [0.25, 0.3) is 0 Å². The molecule has 0 saturated carbocycles. The van der Waals surface area contributed by atoms with Crippen molar-refractivity contribution >= 4 is 58.4 Å². The normalized spacial score (nSPS) is 23.7. The van der Waals surface area contributed by atoms with Gasteiger partial charge in [-0.15, -0.1) is 0 Å². The van der Waals surface area contributed by atoms with E-state index in [-0.39, 0.29) is 85.3 Å². The second-order valence-electron chi connectivity index (χ2n) is 18.2. The van der Waals surface area contributed by atoms with Crippen molar-refractivity contribution < 1.29 is 57.2 Å². The van der Waals surface area contributed by atoms with Crippen LogP contribution >= 0.6 is 0 Å². The SMILES string of the molecule is O=C1C2=NC3C=CC(N4CCC(C(=O)OCCOCCOCCOCCOCCOC(=O)C5CCN(C6=CC7C(=O)N8C(=NC7C=C6)C(=O)c6ccccc68)CC5)CC4)=CC3C(=O)N2c2ccccc21. The number of esters is 2. The molecule has 0 radical (unpaired) electrons. The highest BCUT2D eigenvalue weighted by Crippen LogP contribution is 2.39. The van der Waals surface area contributed by atoms with Crippen LogP contribution in [0.1, 0.15) is 46.4 Å². The van der Waals surface area contributed by atoms with Crippen LogP contribution in [0.25, 0.3) is 0 Å². The quantitative estimate of drug-likeness (QED) is 0.146. The number of amides is 2. The van der Waals surface area contributed by atoms with Gasteiger partial charge in [0.2, 0.25) is 23.4 Å². The van der Waals surface area contributed by atoms with E-state index in [0.717, 1.165) is 11.4 Å². The number of amidine groups is 2. The van der Waals surface area contributed by atoms with Crippen LogP contribution in [0.2, 0.25) is 0 Å². The molecular weight excluding hydrogens is 901 g/mol. The Bertz CT molecular complexity index is 2410. The molecule has 10 rings (SSSR count). The number of ether oxygens (including phenoxy) is 6. The van der Waals surface area contributed by atoms with Crippen LogP contribution in [0.5, 0.6) is 0 Å². The number of carbonyl (C=O) groups is 6. The molecule has 6 heterocycles. The molecule has 6 aliphatic heterocycles. The zero-order valence-corrected chi connectivity index (χ0v) is 38.9. The van der Waals surface area contributed by atoms with Gasteiger partial charge >= 0.3 is 11.9 Å². The monoisotopic (exact) mass is 956 g/mol. The van der Waals surface area contributed by atoms with Crippen molar-refractivity contribution in [2.24, 2.45) is 33.7 Å². The molecule has 0 bridgehead atoms. The fourth-order valence-electron chi connectivity index (χ4n) is 10.2. The first-order valence-electron chi connectivity index (χ1n) is 24.3. The first kappa shape index (κ1) is 47.1. The lowest BCUT2D eigenvalue weighted by atomic mass is 9.89. The number of carbonyl (C=O) groups excluding carboxylic acids is 6. The molecule has 2 aromatic rings. The number of Topliss-reactive ketones (excluding diaryl/α,β-unsaturated/α-hetero) is 2. The van der Waals surface area contributed by atoms with Crippen LogP contribution in [0, 0.1) is 23.7 Å². The van der Waals surface area contributed by atoms with E-state index in [1.807, 2.05) is 48.6 Å². The molecule has 0 spiro atoms. The number of benzene rings is 2. The third-order valence-corrected chi connectivity index (χ3v) is 14.0. The van der Waals surface area contributed by atoms with Crippen LogP contribution in [0.4, 0.5) is 11.4 Å². The lowest BCUT2D eigenvalue weighted by Gasteiger charge is -2.37. The standard InChI is InChI=1S/C52H56N6O12/c59-45-37-5-1-3-7-43(37)57-47(45)53-41-11-9-35(31-39(41)49(57)61)55-17-13-33(14-18-55)51(63)69-29-27-67-25-23-65-21-22-66-24-26-68-28-30-70-52(64)34-15-19-56(20-16-34)36-10-12-42-40(32-36)50(62)58-44-8-4-2-6-38(44)46(60)48(58)54-42/h1-12,31-34,39-42H,13-30H2. The van der Waals surface area contributed by atoms with E-state index in [1.165, 1.54) is 9.80 Å². The van der Waals surface area contributed by atoms with Crippen molar-refractivity contribution in [2.75, 3.05) is 102 Å². The van der Waals surface area contributed by atoms with Gasteiger partial charge in [0.15, 0.2) is 11.7 Å². The number of anilines is 2. The number of nitrogens with zero attached hydrogens (tertiary/aromatic N) is 6. The number of allylic oxidation sites excluding steroid dienone is 2. The van der Waals surface area contributed by atoms with Gasteiger partial charge < -0.3 is 38.2 Å². The van der Waals surface area contributed by atoms with Gasteiger partial charge in [-0.05, 0) is 74.3 Å². The fraction of sp³-hybridized carbons (Fsp3) is 0.462. The van der Waals surface area contributed by atoms with Crippen molar-refractivity contribution in [2.45, 2.75) is 37.8 Å². The Kier molecular flexibility index (Phi) is 14.2. The van der Waals surface area contributed by atoms with Crippen molar-refractivity contribution in [3.8, 4) is 0 Å². The summed E-state index contributed by atoms with van der Waals surface area (Å²) in [7, 11) is 0. The molecule has 4 atom stereocenters. The topological polar surface area (TPSA) is 195 Å². The molecule has 0 aromatic heterocycles. The Labute approximate surface area is 405 Å². The number of ketones is 2. The minimum atomic E-state index is -0.503. The van der Waals surface area contributed by atoms with Crippen LogP contribution in [0.15, 0.2) is 106 Å². The Balaban J connectivity index is 0.520.